The fourth-order valence-corrected chi connectivity index (χ4v) is 2.93. The van der Waals surface area contributed by atoms with Crippen molar-refractivity contribution in [2.75, 3.05) is 26.7 Å². The Labute approximate surface area is 131 Å². The molecule has 0 aromatic heterocycles. The summed E-state index contributed by atoms with van der Waals surface area (Å²) in [5.74, 6) is 0.221. The molecule has 6 nitrogen and oxygen atoms in total. The predicted octanol–water partition coefficient (Wildman–Crippen LogP) is 1.42. The number of ketones is 1. The highest BCUT2D eigenvalue weighted by molar-refractivity contribution is 7.85. The average Bonchev–Trinajstić information content (AvgIpc) is 2.45. The summed E-state index contributed by atoms with van der Waals surface area (Å²) >= 11 is 0. The van der Waals surface area contributed by atoms with Crippen LogP contribution in [0.4, 0.5) is 0 Å². The van der Waals surface area contributed by atoms with Crippen molar-refractivity contribution in [3.63, 3.8) is 0 Å². The first kappa shape index (κ1) is 18.6. The van der Waals surface area contributed by atoms with E-state index in [9.17, 15) is 17.8 Å². The molecule has 0 saturated carbocycles. The molecule has 0 atom stereocenters. The lowest BCUT2D eigenvalue weighted by Gasteiger charge is -2.36. The van der Waals surface area contributed by atoms with Crippen molar-refractivity contribution in [2.45, 2.75) is 31.6 Å². The Kier molecular flexibility index (Phi) is 6.10. The summed E-state index contributed by atoms with van der Waals surface area (Å²) < 4.78 is 32.7. The number of phenolic OH excluding ortho intramolecular Hbond substituents is 1. The molecular formula is C15H23NO5S. The maximum Gasteiger partial charge on any atom is 0.144 e. The minimum absolute atomic E-state index is 0.227. The molecule has 0 radical (unpaired) electrons. The van der Waals surface area contributed by atoms with E-state index in [4.69, 9.17) is 5.11 Å². The van der Waals surface area contributed by atoms with E-state index < -0.39 is 10.1 Å². The zero-order valence-electron chi connectivity index (χ0n) is 13.2. The molecule has 1 fully saturated rings. The Bertz CT molecular complexity index is 629. The quantitative estimate of drug-likeness (QED) is 0.654. The van der Waals surface area contributed by atoms with Crippen molar-refractivity contribution in [2.24, 2.45) is 0 Å². The Balaban J connectivity index is 0.000000224. The van der Waals surface area contributed by atoms with E-state index in [2.05, 4.69) is 14.0 Å². The van der Waals surface area contributed by atoms with Gasteiger partial charge in [-0.3, -0.25) is 4.79 Å². The van der Waals surface area contributed by atoms with Crippen LogP contribution in [-0.4, -0.2) is 55.0 Å². The zero-order chi connectivity index (χ0) is 17.0. The molecule has 1 heterocycles. The van der Waals surface area contributed by atoms with Crippen LogP contribution in [0.5, 0.6) is 5.75 Å². The monoisotopic (exact) mass is 329 g/mol. The summed E-state index contributed by atoms with van der Waals surface area (Å²) in [5.41, 5.74) is 0.336. The maximum absolute atomic E-state index is 10.9. The molecule has 124 valence electrons. The number of likely N-dealkylation sites (tertiary alicyclic amines) is 1. The van der Waals surface area contributed by atoms with Gasteiger partial charge in [-0.15, -0.1) is 0 Å². The van der Waals surface area contributed by atoms with Crippen molar-refractivity contribution in [1.82, 2.24) is 0 Å². The highest BCUT2D eigenvalue weighted by Gasteiger charge is 2.26. The fraction of sp³-hybridized carbons (Fsp3) is 0.533. The number of nitrogens with zero attached hydrogens (tertiary/aromatic N) is 1. The average molecular weight is 329 g/mol. The minimum atomic E-state index is -4.47. The van der Waals surface area contributed by atoms with Gasteiger partial charge in [0.15, 0.2) is 0 Å². The topological polar surface area (TPSA) is 94.5 Å². The Morgan fingerprint density at radius 1 is 1.27 bits per heavy atom. The van der Waals surface area contributed by atoms with E-state index in [0.29, 0.717) is 11.3 Å². The smallest absolute Gasteiger partial charge is 0.144 e. The van der Waals surface area contributed by atoms with Crippen molar-refractivity contribution in [3.8, 4) is 5.75 Å². The van der Waals surface area contributed by atoms with Crippen LogP contribution in [0.2, 0.25) is 0 Å². The maximum atomic E-state index is 10.9. The van der Waals surface area contributed by atoms with Crippen molar-refractivity contribution in [1.29, 1.82) is 0 Å². The van der Waals surface area contributed by atoms with E-state index in [0.717, 1.165) is 43.0 Å². The second kappa shape index (κ2) is 7.21. The van der Waals surface area contributed by atoms with Crippen molar-refractivity contribution in [3.05, 3.63) is 23.8 Å². The molecular weight excluding hydrogens is 306 g/mol. The van der Waals surface area contributed by atoms with Gasteiger partial charge < -0.3 is 14.1 Å². The third-order valence-electron chi connectivity index (χ3n) is 4.07. The highest BCUT2D eigenvalue weighted by atomic mass is 32.2. The number of piperidine rings is 1. The SMILES string of the molecule is CC[N+]1(C)CCC(=O)CC1.Cc1ccc(O)cc1S(=O)(=O)[O-]. The minimum Gasteiger partial charge on any atom is -0.744 e. The largest absolute Gasteiger partial charge is 0.744 e. The van der Waals surface area contributed by atoms with Crippen LogP contribution in [0.15, 0.2) is 23.1 Å². The van der Waals surface area contributed by atoms with Gasteiger partial charge in [-0.25, -0.2) is 8.42 Å². The van der Waals surface area contributed by atoms with Gasteiger partial charge in [-0.2, -0.15) is 0 Å². The fourth-order valence-electron chi connectivity index (χ4n) is 2.20. The predicted molar refractivity (Wildman–Crippen MR) is 81.5 cm³/mol. The van der Waals surface area contributed by atoms with Gasteiger partial charge in [-0.1, -0.05) is 6.07 Å². The number of Topliss-reactive ketones (excluding diaryl/α,β-unsaturated/α-hetero) is 1. The van der Waals surface area contributed by atoms with Gasteiger partial charge >= 0.3 is 0 Å². The number of carbonyl (C=O) groups excluding carboxylic acids is 1. The van der Waals surface area contributed by atoms with Crippen LogP contribution in [0.3, 0.4) is 0 Å². The van der Waals surface area contributed by atoms with Crippen LogP contribution < -0.4 is 0 Å². The molecule has 0 spiro atoms. The number of benzene rings is 1. The lowest BCUT2D eigenvalue weighted by atomic mass is 10.1. The first-order valence-electron chi connectivity index (χ1n) is 7.18. The van der Waals surface area contributed by atoms with Crippen LogP contribution in [0.25, 0.3) is 0 Å². The summed E-state index contributed by atoms with van der Waals surface area (Å²) in [6.45, 7) is 6.94. The number of rotatable bonds is 2. The molecule has 0 bridgehead atoms. The molecule has 0 aliphatic carbocycles. The lowest BCUT2D eigenvalue weighted by molar-refractivity contribution is -0.909. The number of hydrogen-bond donors (Lipinski definition) is 1. The van der Waals surface area contributed by atoms with Crippen molar-refractivity contribution < 1.29 is 27.4 Å². The first-order valence-corrected chi connectivity index (χ1v) is 8.59. The second-order valence-corrected chi connectivity index (χ2v) is 7.17. The number of phenols is 1. The molecule has 22 heavy (non-hydrogen) atoms. The summed E-state index contributed by atoms with van der Waals surface area (Å²) in [6.07, 6.45) is 1.59. The van der Waals surface area contributed by atoms with E-state index in [-0.39, 0.29) is 10.6 Å². The molecule has 1 aromatic carbocycles. The number of quaternary nitrogens is 1. The van der Waals surface area contributed by atoms with E-state index in [1.165, 1.54) is 19.1 Å². The summed E-state index contributed by atoms with van der Waals surface area (Å²) in [5, 5.41) is 8.90. The molecule has 1 N–H and O–H groups in total. The van der Waals surface area contributed by atoms with Crippen molar-refractivity contribution >= 4 is 15.9 Å². The van der Waals surface area contributed by atoms with Gasteiger partial charge in [0.1, 0.15) is 21.7 Å². The highest BCUT2D eigenvalue weighted by Crippen LogP contribution is 2.19. The number of aryl methyl sites for hydroxylation is 1. The first-order chi connectivity index (χ1) is 10.1. The van der Waals surface area contributed by atoms with Gasteiger partial charge in [0.05, 0.1) is 44.4 Å². The van der Waals surface area contributed by atoms with E-state index in [1.807, 2.05) is 0 Å². The molecule has 2 rings (SSSR count). The Morgan fingerprint density at radius 2 is 1.82 bits per heavy atom. The summed E-state index contributed by atoms with van der Waals surface area (Å²) in [7, 11) is -2.24. The normalized spacial score (nSPS) is 17.5. The van der Waals surface area contributed by atoms with Crippen LogP contribution in [-0.2, 0) is 14.9 Å². The van der Waals surface area contributed by atoms with Crippen LogP contribution >= 0.6 is 0 Å². The molecule has 1 saturated heterocycles. The number of hydrogen-bond acceptors (Lipinski definition) is 5. The van der Waals surface area contributed by atoms with E-state index in [1.54, 1.807) is 0 Å². The molecule has 1 aliphatic heterocycles. The van der Waals surface area contributed by atoms with Gasteiger partial charge in [-0.05, 0) is 31.5 Å². The number of carbonyl (C=O) groups is 1. The molecule has 0 unspecified atom stereocenters. The number of aromatic hydroxyl groups is 1. The Hall–Kier alpha value is -1.44. The molecule has 0 amide bonds. The third kappa shape index (κ3) is 5.40. The van der Waals surface area contributed by atoms with Gasteiger partial charge in [0.25, 0.3) is 0 Å². The summed E-state index contributed by atoms with van der Waals surface area (Å²) in [4.78, 5) is 10.5. The van der Waals surface area contributed by atoms with Crippen LogP contribution in [0, 0.1) is 6.92 Å². The third-order valence-corrected chi connectivity index (χ3v) is 5.04. The van der Waals surface area contributed by atoms with Gasteiger partial charge in [0.2, 0.25) is 0 Å². The summed E-state index contributed by atoms with van der Waals surface area (Å²) in [6, 6.07) is 3.64. The van der Waals surface area contributed by atoms with E-state index >= 15 is 0 Å². The molecule has 1 aliphatic rings. The standard InChI is InChI=1S/C8H16NO.C7H8O4S/c1-3-9(2)6-4-8(10)5-7-9;1-5-2-3-6(8)4-7(5)12(9,10)11/h3-7H2,1-2H3;2-4,8H,1H3,(H,9,10,11)/q+1;/p-1. The lowest BCUT2D eigenvalue weighted by Crippen LogP contribution is -2.49. The Morgan fingerprint density at radius 3 is 2.23 bits per heavy atom. The van der Waals surface area contributed by atoms with Gasteiger partial charge in [0, 0.05) is 0 Å². The molecule has 7 heteroatoms. The second-order valence-electron chi connectivity index (χ2n) is 5.83. The van der Waals surface area contributed by atoms with Crippen LogP contribution in [0.1, 0.15) is 25.3 Å². The zero-order valence-corrected chi connectivity index (χ0v) is 14.0. The molecule has 1 aromatic rings.